The summed E-state index contributed by atoms with van der Waals surface area (Å²) in [7, 11) is 0. The molecule has 1 atom stereocenters. The molecule has 0 aromatic heterocycles. The number of ether oxygens (including phenoxy) is 1. The standard InChI is InChI=1S/C10H23NO/c1-5-7-11-8-10(6-2)12-9(3)4/h9-11H,5-8H2,1-4H3. The Morgan fingerprint density at radius 3 is 2.33 bits per heavy atom. The maximum atomic E-state index is 5.68. The largest absolute Gasteiger partial charge is 0.374 e. The van der Waals surface area contributed by atoms with Crippen molar-refractivity contribution in [2.45, 2.75) is 52.7 Å². The van der Waals surface area contributed by atoms with E-state index in [-0.39, 0.29) is 0 Å². The van der Waals surface area contributed by atoms with Gasteiger partial charge in [0.25, 0.3) is 0 Å². The van der Waals surface area contributed by atoms with Gasteiger partial charge in [0, 0.05) is 6.54 Å². The van der Waals surface area contributed by atoms with Gasteiger partial charge in [0.15, 0.2) is 0 Å². The zero-order valence-electron chi connectivity index (χ0n) is 8.89. The number of hydrogen-bond acceptors (Lipinski definition) is 2. The predicted molar refractivity (Wildman–Crippen MR) is 53.5 cm³/mol. The lowest BCUT2D eigenvalue weighted by atomic mass is 10.2. The lowest BCUT2D eigenvalue weighted by Gasteiger charge is -2.19. The SMILES string of the molecule is CCCNCC(CC)OC(C)C. The molecule has 0 saturated heterocycles. The molecule has 0 aliphatic carbocycles. The molecule has 0 radical (unpaired) electrons. The Morgan fingerprint density at radius 2 is 1.92 bits per heavy atom. The van der Waals surface area contributed by atoms with Gasteiger partial charge in [-0.2, -0.15) is 0 Å². The van der Waals surface area contributed by atoms with E-state index in [1.165, 1.54) is 6.42 Å². The molecule has 0 amide bonds. The van der Waals surface area contributed by atoms with E-state index < -0.39 is 0 Å². The van der Waals surface area contributed by atoms with Gasteiger partial charge in [0.2, 0.25) is 0 Å². The summed E-state index contributed by atoms with van der Waals surface area (Å²) in [5.41, 5.74) is 0. The predicted octanol–water partition coefficient (Wildman–Crippen LogP) is 2.19. The average molecular weight is 173 g/mol. The zero-order chi connectivity index (χ0) is 9.40. The van der Waals surface area contributed by atoms with Crippen LogP contribution >= 0.6 is 0 Å². The minimum atomic E-state index is 0.346. The van der Waals surface area contributed by atoms with Crippen LogP contribution in [0.15, 0.2) is 0 Å². The Kier molecular flexibility index (Phi) is 7.51. The normalized spacial score (nSPS) is 13.8. The van der Waals surface area contributed by atoms with Crippen LogP contribution in [0.3, 0.4) is 0 Å². The second-order valence-electron chi connectivity index (χ2n) is 3.42. The van der Waals surface area contributed by atoms with Gasteiger partial charge in [-0.3, -0.25) is 0 Å². The first-order chi connectivity index (χ1) is 5.70. The van der Waals surface area contributed by atoms with Crippen LogP contribution in [0.4, 0.5) is 0 Å². The molecule has 1 N–H and O–H groups in total. The third kappa shape index (κ3) is 6.62. The van der Waals surface area contributed by atoms with Crippen LogP contribution in [0.1, 0.15) is 40.5 Å². The van der Waals surface area contributed by atoms with Crippen LogP contribution in [0.5, 0.6) is 0 Å². The molecule has 0 rings (SSSR count). The van der Waals surface area contributed by atoms with Crippen molar-refractivity contribution in [3.8, 4) is 0 Å². The van der Waals surface area contributed by atoms with Gasteiger partial charge in [-0.1, -0.05) is 13.8 Å². The molecule has 0 aromatic carbocycles. The summed E-state index contributed by atoms with van der Waals surface area (Å²) in [5.74, 6) is 0. The summed E-state index contributed by atoms with van der Waals surface area (Å²) in [5, 5.41) is 3.37. The maximum Gasteiger partial charge on any atom is 0.0700 e. The average Bonchev–Trinajstić information content (AvgIpc) is 2.02. The van der Waals surface area contributed by atoms with Crippen molar-refractivity contribution >= 4 is 0 Å². The van der Waals surface area contributed by atoms with Crippen LogP contribution in [-0.2, 0) is 4.74 Å². The molecule has 74 valence electrons. The third-order valence-electron chi connectivity index (χ3n) is 1.72. The van der Waals surface area contributed by atoms with Crippen molar-refractivity contribution in [1.82, 2.24) is 5.32 Å². The van der Waals surface area contributed by atoms with Crippen LogP contribution in [0.25, 0.3) is 0 Å². The fourth-order valence-corrected chi connectivity index (χ4v) is 1.11. The van der Waals surface area contributed by atoms with E-state index in [1.807, 2.05) is 0 Å². The third-order valence-corrected chi connectivity index (χ3v) is 1.72. The first-order valence-corrected chi connectivity index (χ1v) is 5.06. The molecule has 2 nitrogen and oxygen atoms in total. The van der Waals surface area contributed by atoms with Crippen molar-refractivity contribution in [2.24, 2.45) is 0 Å². The number of hydrogen-bond donors (Lipinski definition) is 1. The zero-order valence-corrected chi connectivity index (χ0v) is 8.89. The summed E-state index contributed by atoms with van der Waals surface area (Å²) in [6.45, 7) is 10.6. The van der Waals surface area contributed by atoms with Crippen LogP contribution in [0.2, 0.25) is 0 Å². The van der Waals surface area contributed by atoms with E-state index >= 15 is 0 Å². The topological polar surface area (TPSA) is 21.3 Å². The van der Waals surface area contributed by atoms with Gasteiger partial charge in [-0.25, -0.2) is 0 Å². The molecule has 0 aromatic rings. The van der Waals surface area contributed by atoms with Crippen LogP contribution in [0, 0.1) is 0 Å². The molecule has 0 bridgehead atoms. The second-order valence-corrected chi connectivity index (χ2v) is 3.42. The van der Waals surface area contributed by atoms with Gasteiger partial charge in [0.1, 0.15) is 0 Å². The molecule has 0 heterocycles. The quantitative estimate of drug-likeness (QED) is 0.596. The van der Waals surface area contributed by atoms with Crippen molar-refractivity contribution in [3.05, 3.63) is 0 Å². The van der Waals surface area contributed by atoms with Gasteiger partial charge in [-0.15, -0.1) is 0 Å². The molecule has 0 aliphatic rings. The molecule has 0 spiro atoms. The maximum absolute atomic E-state index is 5.68. The fourth-order valence-electron chi connectivity index (χ4n) is 1.11. The Bertz CT molecular complexity index is 93.8. The molecule has 0 fully saturated rings. The van der Waals surface area contributed by atoms with E-state index in [9.17, 15) is 0 Å². The molecule has 0 saturated carbocycles. The smallest absolute Gasteiger partial charge is 0.0700 e. The van der Waals surface area contributed by atoms with E-state index in [0.29, 0.717) is 12.2 Å². The second kappa shape index (κ2) is 7.56. The van der Waals surface area contributed by atoms with E-state index in [0.717, 1.165) is 19.5 Å². The van der Waals surface area contributed by atoms with Crippen LogP contribution < -0.4 is 5.32 Å². The minimum absolute atomic E-state index is 0.346. The van der Waals surface area contributed by atoms with E-state index in [4.69, 9.17) is 4.74 Å². The first kappa shape index (κ1) is 11.9. The highest BCUT2D eigenvalue weighted by atomic mass is 16.5. The van der Waals surface area contributed by atoms with E-state index in [2.05, 4.69) is 33.0 Å². The molecule has 0 aliphatic heterocycles. The number of rotatable bonds is 7. The minimum Gasteiger partial charge on any atom is -0.374 e. The van der Waals surface area contributed by atoms with Crippen LogP contribution in [-0.4, -0.2) is 25.3 Å². The summed E-state index contributed by atoms with van der Waals surface area (Å²) >= 11 is 0. The summed E-state index contributed by atoms with van der Waals surface area (Å²) < 4.78 is 5.68. The monoisotopic (exact) mass is 173 g/mol. The summed E-state index contributed by atoms with van der Waals surface area (Å²) in [4.78, 5) is 0. The summed E-state index contributed by atoms with van der Waals surface area (Å²) in [6, 6.07) is 0. The summed E-state index contributed by atoms with van der Waals surface area (Å²) in [6.07, 6.45) is 3.02. The lowest BCUT2D eigenvalue weighted by molar-refractivity contribution is 0.00681. The molecule has 2 heteroatoms. The number of nitrogens with one attached hydrogen (secondary N) is 1. The Morgan fingerprint density at radius 1 is 1.25 bits per heavy atom. The molecule has 1 unspecified atom stereocenters. The van der Waals surface area contributed by atoms with Crippen molar-refractivity contribution in [2.75, 3.05) is 13.1 Å². The molecule has 12 heavy (non-hydrogen) atoms. The lowest BCUT2D eigenvalue weighted by Crippen LogP contribution is -2.31. The van der Waals surface area contributed by atoms with E-state index in [1.54, 1.807) is 0 Å². The van der Waals surface area contributed by atoms with Gasteiger partial charge in [0.05, 0.1) is 12.2 Å². The molecular weight excluding hydrogens is 150 g/mol. The van der Waals surface area contributed by atoms with Gasteiger partial charge in [-0.05, 0) is 33.2 Å². The van der Waals surface area contributed by atoms with Crippen molar-refractivity contribution in [3.63, 3.8) is 0 Å². The van der Waals surface area contributed by atoms with Gasteiger partial charge < -0.3 is 10.1 Å². The highest BCUT2D eigenvalue weighted by Crippen LogP contribution is 2.00. The van der Waals surface area contributed by atoms with Gasteiger partial charge >= 0.3 is 0 Å². The Hall–Kier alpha value is -0.0800. The Labute approximate surface area is 76.7 Å². The van der Waals surface area contributed by atoms with Crippen molar-refractivity contribution in [1.29, 1.82) is 0 Å². The Balaban J connectivity index is 3.39. The van der Waals surface area contributed by atoms with Crippen molar-refractivity contribution < 1.29 is 4.74 Å². The highest BCUT2D eigenvalue weighted by Gasteiger charge is 2.06. The molecular formula is C10H23NO. The first-order valence-electron chi connectivity index (χ1n) is 5.06. The highest BCUT2D eigenvalue weighted by molar-refractivity contribution is 4.60. The fraction of sp³-hybridized carbons (Fsp3) is 1.00.